The summed E-state index contributed by atoms with van der Waals surface area (Å²) in [5.41, 5.74) is -0.824. The van der Waals surface area contributed by atoms with Crippen molar-refractivity contribution in [2.75, 3.05) is 26.2 Å². The van der Waals surface area contributed by atoms with Gasteiger partial charge in [0.2, 0.25) is 0 Å². The molecule has 27 heavy (non-hydrogen) atoms. The molecule has 0 unspecified atom stereocenters. The molecule has 4 rings (SSSR count). The number of hydrogen-bond acceptors (Lipinski definition) is 4. The molecule has 0 spiro atoms. The van der Waals surface area contributed by atoms with Crippen molar-refractivity contribution in [2.45, 2.75) is 43.9 Å². The highest BCUT2D eigenvalue weighted by Gasteiger charge is 2.45. The third-order valence-electron chi connectivity index (χ3n) is 6.31. The number of carbonyl (C=O) groups excluding carboxylic acids is 1. The van der Waals surface area contributed by atoms with Crippen LogP contribution in [0.5, 0.6) is 0 Å². The summed E-state index contributed by atoms with van der Waals surface area (Å²) in [5, 5.41) is 6.47. The van der Waals surface area contributed by atoms with Gasteiger partial charge >= 0.3 is 6.18 Å². The van der Waals surface area contributed by atoms with E-state index in [4.69, 9.17) is 0 Å². The maximum absolute atomic E-state index is 12.6. The van der Waals surface area contributed by atoms with E-state index in [9.17, 15) is 18.0 Å². The van der Waals surface area contributed by atoms with E-state index in [0.29, 0.717) is 24.4 Å². The maximum atomic E-state index is 12.6. The van der Waals surface area contributed by atoms with Gasteiger partial charge in [-0.15, -0.1) is 0 Å². The summed E-state index contributed by atoms with van der Waals surface area (Å²) in [7, 11) is 0. The normalized spacial score (nSPS) is 31.2. The van der Waals surface area contributed by atoms with Crippen LogP contribution in [0.15, 0.2) is 18.3 Å². The zero-order chi connectivity index (χ0) is 19.0. The molecule has 0 aliphatic carbocycles. The van der Waals surface area contributed by atoms with Gasteiger partial charge in [0.1, 0.15) is 5.69 Å². The van der Waals surface area contributed by atoms with Gasteiger partial charge in [-0.2, -0.15) is 13.2 Å². The van der Waals surface area contributed by atoms with Crippen LogP contribution in [0.3, 0.4) is 0 Å². The van der Waals surface area contributed by atoms with Crippen molar-refractivity contribution in [3.05, 3.63) is 29.6 Å². The standard InChI is InChI=1S/C19H25F3N4O/c20-19(21,22)17-5-4-12(10-24-17)18(27)25-11-16-14-7-13(8-23-9-14)15-3-1-2-6-26(15)16/h4-5,10,13-16,23H,1-3,6-9,11H2,(H,25,27)/t13-,14+,15+,16+/m1/s1. The van der Waals surface area contributed by atoms with Crippen LogP contribution in [0.4, 0.5) is 13.2 Å². The fourth-order valence-electron chi connectivity index (χ4n) is 5.04. The lowest BCUT2D eigenvalue weighted by Crippen LogP contribution is -2.65. The zero-order valence-electron chi connectivity index (χ0n) is 15.1. The molecule has 3 aliphatic rings. The van der Waals surface area contributed by atoms with Crippen molar-refractivity contribution in [1.29, 1.82) is 0 Å². The number of nitrogens with one attached hydrogen (secondary N) is 2. The lowest BCUT2D eigenvalue weighted by molar-refractivity contribution is -0.141. The molecule has 8 heteroatoms. The number of pyridine rings is 1. The molecule has 4 heterocycles. The first-order chi connectivity index (χ1) is 12.9. The SMILES string of the molecule is O=C(NC[C@H]1[C@@H]2CNC[C@@H](C2)[C@@H]2CCCCN21)c1ccc(C(F)(F)F)nc1. The molecule has 5 nitrogen and oxygen atoms in total. The van der Waals surface area contributed by atoms with Crippen LogP contribution in [-0.4, -0.2) is 54.1 Å². The summed E-state index contributed by atoms with van der Waals surface area (Å²) in [6.07, 6.45) is 1.37. The third kappa shape index (κ3) is 3.82. The van der Waals surface area contributed by atoms with E-state index in [-0.39, 0.29) is 17.5 Å². The van der Waals surface area contributed by atoms with E-state index in [1.165, 1.54) is 31.7 Å². The van der Waals surface area contributed by atoms with Gasteiger partial charge < -0.3 is 10.6 Å². The molecule has 1 aromatic rings. The number of halogens is 3. The minimum atomic E-state index is -4.50. The molecule has 1 aromatic heterocycles. The Labute approximate surface area is 156 Å². The van der Waals surface area contributed by atoms with Crippen LogP contribution in [0.25, 0.3) is 0 Å². The predicted molar refractivity (Wildman–Crippen MR) is 94.2 cm³/mol. The van der Waals surface area contributed by atoms with Gasteiger partial charge in [0.05, 0.1) is 5.56 Å². The van der Waals surface area contributed by atoms with E-state index in [1.807, 2.05) is 0 Å². The molecule has 3 aliphatic heterocycles. The van der Waals surface area contributed by atoms with Gasteiger partial charge in [0.25, 0.3) is 5.91 Å². The lowest BCUT2D eigenvalue weighted by atomic mass is 9.73. The van der Waals surface area contributed by atoms with Crippen molar-refractivity contribution < 1.29 is 18.0 Å². The number of aromatic nitrogens is 1. The second-order valence-corrected chi connectivity index (χ2v) is 7.92. The summed E-state index contributed by atoms with van der Waals surface area (Å²) < 4.78 is 37.8. The van der Waals surface area contributed by atoms with Gasteiger partial charge in [0, 0.05) is 24.8 Å². The Balaban J connectivity index is 1.41. The van der Waals surface area contributed by atoms with Crippen LogP contribution in [0.2, 0.25) is 0 Å². The van der Waals surface area contributed by atoms with E-state index in [1.54, 1.807) is 0 Å². The fraction of sp³-hybridized carbons (Fsp3) is 0.684. The van der Waals surface area contributed by atoms with Crippen molar-refractivity contribution in [3.8, 4) is 0 Å². The van der Waals surface area contributed by atoms with E-state index >= 15 is 0 Å². The number of fused-ring (bicyclic) bond motifs is 4. The molecular formula is C19H25F3N4O. The van der Waals surface area contributed by atoms with Gasteiger partial charge in [-0.1, -0.05) is 6.42 Å². The second-order valence-electron chi connectivity index (χ2n) is 7.92. The molecule has 148 valence electrons. The number of nitrogens with zero attached hydrogens (tertiary/aromatic N) is 2. The molecule has 2 N–H and O–H groups in total. The van der Waals surface area contributed by atoms with Gasteiger partial charge in [0.15, 0.2) is 0 Å². The lowest BCUT2D eigenvalue weighted by Gasteiger charge is -2.55. The average Bonchev–Trinajstić information content (AvgIpc) is 2.67. The molecule has 0 radical (unpaired) electrons. The molecule has 4 atom stereocenters. The van der Waals surface area contributed by atoms with Crippen molar-refractivity contribution >= 4 is 5.91 Å². The molecule has 1 amide bonds. The number of alkyl halides is 3. The van der Waals surface area contributed by atoms with Gasteiger partial charge in [-0.25, -0.2) is 0 Å². The van der Waals surface area contributed by atoms with Crippen LogP contribution in [0.1, 0.15) is 41.7 Å². The maximum Gasteiger partial charge on any atom is 0.433 e. The van der Waals surface area contributed by atoms with Crippen molar-refractivity contribution in [2.24, 2.45) is 11.8 Å². The van der Waals surface area contributed by atoms with Crippen LogP contribution < -0.4 is 10.6 Å². The third-order valence-corrected chi connectivity index (χ3v) is 6.31. The summed E-state index contributed by atoms with van der Waals surface area (Å²) in [6, 6.07) is 2.91. The second kappa shape index (κ2) is 7.39. The highest BCUT2D eigenvalue weighted by Crippen LogP contribution is 2.38. The Morgan fingerprint density at radius 3 is 2.81 bits per heavy atom. The quantitative estimate of drug-likeness (QED) is 0.842. The van der Waals surface area contributed by atoms with Crippen molar-refractivity contribution in [1.82, 2.24) is 20.5 Å². The molecule has 0 saturated carbocycles. The average molecular weight is 382 g/mol. The summed E-state index contributed by atoms with van der Waals surface area (Å²) >= 11 is 0. The van der Waals surface area contributed by atoms with Gasteiger partial charge in [-0.3, -0.25) is 14.7 Å². The number of amides is 1. The largest absolute Gasteiger partial charge is 0.433 e. The van der Waals surface area contributed by atoms with E-state index in [0.717, 1.165) is 31.9 Å². The molecular weight excluding hydrogens is 357 g/mol. The fourth-order valence-corrected chi connectivity index (χ4v) is 5.04. The minimum Gasteiger partial charge on any atom is -0.350 e. The first-order valence-electron chi connectivity index (χ1n) is 9.71. The molecule has 2 bridgehead atoms. The van der Waals surface area contributed by atoms with Crippen molar-refractivity contribution in [3.63, 3.8) is 0 Å². The minimum absolute atomic E-state index is 0.161. The Hall–Kier alpha value is -1.67. The Morgan fingerprint density at radius 1 is 1.26 bits per heavy atom. The van der Waals surface area contributed by atoms with Crippen LogP contribution in [-0.2, 0) is 6.18 Å². The van der Waals surface area contributed by atoms with E-state index in [2.05, 4.69) is 20.5 Å². The molecule has 3 fully saturated rings. The monoisotopic (exact) mass is 382 g/mol. The zero-order valence-corrected chi connectivity index (χ0v) is 15.1. The first-order valence-corrected chi connectivity index (χ1v) is 9.71. The summed E-state index contributed by atoms with van der Waals surface area (Å²) in [5.74, 6) is 0.829. The van der Waals surface area contributed by atoms with Crippen LogP contribution >= 0.6 is 0 Å². The topological polar surface area (TPSA) is 57.3 Å². The summed E-state index contributed by atoms with van der Waals surface area (Å²) in [6.45, 7) is 3.63. The number of piperidine rings is 3. The predicted octanol–water partition coefficient (Wildman–Crippen LogP) is 2.29. The Kier molecular flexibility index (Phi) is 5.11. The van der Waals surface area contributed by atoms with Crippen LogP contribution in [0, 0.1) is 11.8 Å². The smallest absolute Gasteiger partial charge is 0.350 e. The number of hydrogen-bond donors (Lipinski definition) is 2. The van der Waals surface area contributed by atoms with Gasteiger partial charge in [-0.05, 0) is 62.9 Å². The molecule has 3 saturated heterocycles. The number of rotatable bonds is 3. The highest BCUT2D eigenvalue weighted by atomic mass is 19.4. The molecule has 0 aromatic carbocycles. The Morgan fingerprint density at radius 2 is 2.07 bits per heavy atom. The first kappa shape index (κ1) is 18.7. The van der Waals surface area contributed by atoms with E-state index < -0.39 is 11.9 Å². The Bertz CT molecular complexity index is 679. The highest BCUT2D eigenvalue weighted by molar-refractivity contribution is 5.93. The summed E-state index contributed by atoms with van der Waals surface area (Å²) in [4.78, 5) is 18.4. The number of carbonyl (C=O) groups is 1.